The first-order valence-corrected chi connectivity index (χ1v) is 13.0. The summed E-state index contributed by atoms with van der Waals surface area (Å²) in [4.78, 5) is 18.8. The van der Waals surface area contributed by atoms with E-state index in [-0.39, 0.29) is 10.6 Å². The van der Waals surface area contributed by atoms with Crippen molar-refractivity contribution in [3.8, 4) is 10.4 Å². The van der Waals surface area contributed by atoms with Gasteiger partial charge in [-0.1, -0.05) is 54.5 Å². The SMILES string of the molecule is O=[N+]([O-])c1ccc(N2CCC[C@H](N[C@@H]3CCCC[C@H]3Nc3ncc(-c4ccccc4)s3)C2)cc1. The molecule has 0 spiro atoms. The number of benzene rings is 2. The average Bonchev–Trinajstić information content (AvgIpc) is 3.35. The fraction of sp³-hybridized carbons (Fsp3) is 0.423. The summed E-state index contributed by atoms with van der Waals surface area (Å²) in [6.07, 6.45) is 9.05. The number of piperidine rings is 1. The molecule has 3 atom stereocenters. The Labute approximate surface area is 204 Å². The Kier molecular flexibility index (Phi) is 7.06. The lowest BCUT2D eigenvalue weighted by molar-refractivity contribution is -0.384. The van der Waals surface area contributed by atoms with E-state index in [2.05, 4.69) is 44.8 Å². The number of anilines is 2. The fourth-order valence-corrected chi connectivity index (χ4v) is 6.06. The average molecular weight is 478 g/mol. The zero-order valence-electron chi connectivity index (χ0n) is 19.2. The lowest BCUT2D eigenvalue weighted by Crippen LogP contribution is -2.54. The maximum absolute atomic E-state index is 11.0. The summed E-state index contributed by atoms with van der Waals surface area (Å²) in [5, 5.41) is 19.7. The molecule has 8 heteroatoms. The smallest absolute Gasteiger partial charge is 0.269 e. The molecule has 1 aliphatic carbocycles. The molecule has 2 fully saturated rings. The normalized spacial score (nSPS) is 22.9. The molecular formula is C26H31N5O2S. The zero-order valence-corrected chi connectivity index (χ0v) is 20.0. The first kappa shape index (κ1) is 22.8. The molecule has 7 nitrogen and oxygen atoms in total. The number of non-ortho nitro benzene ring substituents is 1. The van der Waals surface area contributed by atoms with Crippen LogP contribution >= 0.6 is 11.3 Å². The second kappa shape index (κ2) is 10.5. The highest BCUT2D eigenvalue weighted by Crippen LogP contribution is 2.31. The van der Waals surface area contributed by atoms with E-state index in [9.17, 15) is 10.1 Å². The van der Waals surface area contributed by atoms with Gasteiger partial charge in [0.1, 0.15) is 0 Å². The number of nitro benzene ring substituents is 1. The van der Waals surface area contributed by atoms with E-state index in [1.54, 1.807) is 23.5 Å². The number of aromatic nitrogens is 1. The predicted octanol–water partition coefficient (Wildman–Crippen LogP) is 5.70. The highest BCUT2D eigenvalue weighted by atomic mass is 32.1. The van der Waals surface area contributed by atoms with Crippen molar-refractivity contribution in [1.29, 1.82) is 0 Å². The van der Waals surface area contributed by atoms with E-state index < -0.39 is 0 Å². The van der Waals surface area contributed by atoms with Gasteiger partial charge in [-0.25, -0.2) is 4.98 Å². The largest absolute Gasteiger partial charge is 0.370 e. The summed E-state index contributed by atoms with van der Waals surface area (Å²) >= 11 is 1.72. The van der Waals surface area contributed by atoms with E-state index in [0.717, 1.165) is 43.2 Å². The summed E-state index contributed by atoms with van der Waals surface area (Å²) in [6.45, 7) is 1.92. The number of nitro groups is 1. The summed E-state index contributed by atoms with van der Waals surface area (Å²) < 4.78 is 0. The molecule has 2 aliphatic rings. The van der Waals surface area contributed by atoms with Gasteiger partial charge >= 0.3 is 0 Å². The standard InChI is InChI=1S/C26H31N5O2S/c32-31(33)22-14-12-21(13-15-22)30-16-6-9-20(18-30)28-23-10-4-5-11-24(23)29-26-27-17-25(34-26)19-7-2-1-3-8-19/h1-3,7-8,12-15,17,20,23-24,28H,4-6,9-11,16,18H2,(H,27,29)/t20-,23+,24+/m0/s1. The topological polar surface area (TPSA) is 83.3 Å². The quantitative estimate of drug-likeness (QED) is 0.335. The van der Waals surface area contributed by atoms with E-state index in [0.29, 0.717) is 18.1 Å². The molecule has 178 valence electrons. The third kappa shape index (κ3) is 5.39. The van der Waals surface area contributed by atoms with Crippen LogP contribution in [0.25, 0.3) is 10.4 Å². The van der Waals surface area contributed by atoms with Crippen LogP contribution < -0.4 is 15.5 Å². The van der Waals surface area contributed by atoms with Gasteiger partial charge in [-0.05, 0) is 43.4 Å². The highest BCUT2D eigenvalue weighted by Gasteiger charge is 2.30. The van der Waals surface area contributed by atoms with Crippen LogP contribution in [0.5, 0.6) is 0 Å². The molecule has 2 heterocycles. The Balaban J connectivity index is 1.21. The first-order chi connectivity index (χ1) is 16.7. The number of rotatable bonds is 7. The molecule has 0 unspecified atom stereocenters. The number of nitrogens with zero attached hydrogens (tertiary/aromatic N) is 3. The van der Waals surface area contributed by atoms with Gasteiger partial charge in [-0.2, -0.15) is 0 Å². The summed E-state index contributed by atoms with van der Waals surface area (Å²) in [5.41, 5.74) is 2.41. The second-order valence-corrected chi connectivity index (χ2v) is 10.3. The first-order valence-electron chi connectivity index (χ1n) is 12.2. The van der Waals surface area contributed by atoms with E-state index in [4.69, 9.17) is 0 Å². The Hall–Kier alpha value is -2.97. The Morgan fingerprint density at radius 2 is 1.74 bits per heavy atom. The highest BCUT2D eigenvalue weighted by molar-refractivity contribution is 7.18. The molecule has 0 radical (unpaired) electrons. The Bertz CT molecular complexity index is 1090. The van der Waals surface area contributed by atoms with Crippen LogP contribution in [0.4, 0.5) is 16.5 Å². The molecule has 1 saturated heterocycles. The minimum atomic E-state index is -0.341. The third-order valence-electron chi connectivity index (χ3n) is 6.94. The summed E-state index contributed by atoms with van der Waals surface area (Å²) in [5.74, 6) is 0. The van der Waals surface area contributed by atoms with Crippen LogP contribution in [0.1, 0.15) is 38.5 Å². The molecule has 3 aromatic rings. The summed E-state index contributed by atoms with van der Waals surface area (Å²) in [6, 6.07) is 18.6. The van der Waals surface area contributed by atoms with Crippen molar-refractivity contribution in [2.24, 2.45) is 0 Å². The van der Waals surface area contributed by atoms with E-state index >= 15 is 0 Å². The molecule has 0 bridgehead atoms. The third-order valence-corrected chi connectivity index (χ3v) is 7.91. The van der Waals surface area contributed by atoms with Crippen molar-refractivity contribution in [2.75, 3.05) is 23.3 Å². The number of hydrogen-bond acceptors (Lipinski definition) is 7. The zero-order chi connectivity index (χ0) is 23.3. The number of thiazole rings is 1. The molecule has 1 aromatic heterocycles. The molecule has 1 saturated carbocycles. The number of nitrogens with one attached hydrogen (secondary N) is 2. The monoisotopic (exact) mass is 477 g/mol. The predicted molar refractivity (Wildman–Crippen MR) is 139 cm³/mol. The van der Waals surface area contributed by atoms with Crippen LogP contribution in [0.15, 0.2) is 60.8 Å². The fourth-order valence-electron chi connectivity index (χ4n) is 5.17. The van der Waals surface area contributed by atoms with Crippen LogP contribution in [-0.4, -0.2) is 41.1 Å². The van der Waals surface area contributed by atoms with Crippen molar-refractivity contribution in [1.82, 2.24) is 10.3 Å². The maximum atomic E-state index is 11.0. The van der Waals surface area contributed by atoms with E-state index in [1.165, 1.54) is 29.7 Å². The van der Waals surface area contributed by atoms with Crippen LogP contribution in [-0.2, 0) is 0 Å². The van der Waals surface area contributed by atoms with Gasteiger partial charge in [0.05, 0.1) is 9.80 Å². The maximum Gasteiger partial charge on any atom is 0.269 e. The van der Waals surface area contributed by atoms with Crippen molar-refractivity contribution >= 4 is 27.8 Å². The van der Waals surface area contributed by atoms with Gasteiger partial charge in [0.2, 0.25) is 0 Å². The van der Waals surface area contributed by atoms with Crippen molar-refractivity contribution in [2.45, 2.75) is 56.7 Å². The number of hydrogen-bond donors (Lipinski definition) is 2. The Morgan fingerprint density at radius 1 is 0.971 bits per heavy atom. The molecule has 0 amide bonds. The molecule has 5 rings (SSSR count). The van der Waals surface area contributed by atoms with Gasteiger partial charge in [0.15, 0.2) is 5.13 Å². The van der Waals surface area contributed by atoms with Crippen molar-refractivity contribution < 1.29 is 4.92 Å². The molecule has 2 N–H and O–H groups in total. The summed E-state index contributed by atoms with van der Waals surface area (Å²) in [7, 11) is 0. The van der Waals surface area contributed by atoms with Gasteiger partial charge in [-0.15, -0.1) is 0 Å². The minimum absolute atomic E-state index is 0.143. The Morgan fingerprint density at radius 3 is 2.50 bits per heavy atom. The van der Waals surface area contributed by atoms with Crippen molar-refractivity contribution in [3.63, 3.8) is 0 Å². The van der Waals surface area contributed by atoms with E-state index in [1.807, 2.05) is 24.4 Å². The van der Waals surface area contributed by atoms with Gasteiger partial charge < -0.3 is 15.5 Å². The lowest BCUT2D eigenvalue weighted by Gasteiger charge is -2.40. The second-order valence-electron chi connectivity index (χ2n) is 9.26. The molecular weight excluding hydrogens is 446 g/mol. The lowest BCUT2D eigenvalue weighted by atomic mass is 9.89. The van der Waals surface area contributed by atoms with Crippen LogP contribution in [0.2, 0.25) is 0 Å². The molecule has 34 heavy (non-hydrogen) atoms. The van der Waals surface area contributed by atoms with Gasteiger partial charge in [0.25, 0.3) is 5.69 Å². The van der Waals surface area contributed by atoms with Crippen LogP contribution in [0, 0.1) is 10.1 Å². The van der Waals surface area contributed by atoms with Crippen LogP contribution in [0.3, 0.4) is 0 Å². The minimum Gasteiger partial charge on any atom is -0.370 e. The van der Waals surface area contributed by atoms with Crippen molar-refractivity contribution in [3.05, 3.63) is 70.9 Å². The molecule has 2 aromatic carbocycles. The molecule has 1 aliphatic heterocycles. The van der Waals surface area contributed by atoms with Gasteiger partial charge in [0, 0.05) is 55.2 Å². The van der Waals surface area contributed by atoms with Gasteiger partial charge in [-0.3, -0.25) is 10.1 Å².